The second kappa shape index (κ2) is 13.2. The molecule has 1 aromatic carbocycles. The fraction of sp³-hybridized carbons (Fsp3) is 0.419. The Balaban J connectivity index is 2.07. The van der Waals surface area contributed by atoms with E-state index in [1.807, 2.05) is 65.0 Å². The van der Waals surface area contributed by atoms with Crippen molar-refractivity contribution < 1.29 is 19.1 Å². The van der Waals surface area contributed by atoms with Gasteiger partial charge in [-0.3, -0.25) is 14.4 Å². The topological polar surface area (TPSA) is 99.5 Å². The average Bonchev–Trinajstić information content (AvgIpc) is 2.87. The molecule has 8 nitrogen and oxygen atoms in total. The predicted octanol–water partition coefficient (Wildman–Crippen LogP) is 5.24. The number of aromatic nitrogens is 2. The van der Waals surface area contributed by atoms with Crippen LogP contribution in [-0.2, 0) is 14.3 Å². The molecule has 8 heteroatoms. The molecule has 1 unspecified atom stereocenters. The summed E-state index contributed by atoms with van der Waals surface area (Å²) >= 11 is 0. The molecule has 3 aromatic rings. The number of hydrogen-bond donors (Lipinski definition) is 1. The molecule has 0 aliphatic rings. The van der Waals surface area contributed by atoms with Gasteiger partial charge in [0.25, 0.3) is 5.56 Å². The Morgan fingerprint density at radius 3 is 2.36 bits per heavy atom. The highest BCUT2D eigenvalue weighted by atomic mass is 16.5. The highest BCUT2D eigenvalue weighted by Gasteiger charge is 2.28. The van der Waals surface area contributed by atoms with Gasteiger partial charge >= 0.3 is 5.97 Å². The van der Waals surface area contributed by atoms with Crippen LogP contribution in [-0.4, -0.2) is 35.1 Å². The third-order valence-corrected chi connectivity index (χ3v) is 6.65. The molecule has 0 spiro atoms. The Kier molecular flexibility index (Phi) is 10.0. The minimum absolute atomic E-state index is 0.0863. The van der Waals surface area contributed by atoms with Gasteiger partial charge in [-0.05, 0) is 80.0 Å². The highest BCUT2D eigenvalue weighted by molar-refractivity contribution is 5.82. The first-order valence-electron chi connectivity index (χ1n) is 13.3. The lowest BCUT2D eigenvalue weighted by Gasteiger charge is -2.25. The van der Waals surface area contributed by atoms with Gasteiger partial charge in [0.1, 0.15) is 6.04 Å². The maximum atomic E-state index is 13.8. The van der Waals surface area contributed by atoms with E-state index in [1.165, 1.54) is 10.6 Å². The third kappa shape index (κ3) is 7.34. The number of hydrogen-bond acceptors (Lipinski definition) is 6. The monoisotopic (exact) mass is 533 g/mol. The molecular weight excluding hydrogens is 494 g/mol. The van der Waals surface area contributed by atoms with Crippen molar-refractivity contribution in [1.82, 2.24) is 14.9 Å². The van der Waals surface area contributed by atoms with Crippen LogP contribution < -0.4 is 15.6 Å². The van der Waals surface area contributed by atoms with E-state index in [0.717, 1.165) is 27.8 Å². The number of benzene rings is 1. The largest absolute Gasteiger partial charge is 0.481 e. The van der Waals surface area contributed by atoms with Crippen LogP contribution in [0.2, 0.25) is 0 Å². The van der Waals surface area contributed by atoms with Crippen LogP contribution in [0.1, 0.15) is 68.0 Å². The lowest BCUT2D eigenvalue weighted by molar-refractivity contribution is -0.144. The van der Waals surface area contributed by atoms with Gasteiger partial charge < -0.3 is 19.4 Å². The molecule has 0 aliphatic carbocycles. The molecule has 3 rings (SSSR count). The second-order valence-electron chi connectivity index (χ2n) is 10.3. The normalized spacial score (nSPS) is 12.6. The lowest BCUT2D eigenvalue weighted by atomic mass is 9.93. The summed E-state index contributed by atoms with van der Waals surface area (Å²) in [6.07, 6.45) is 3.63. The molecular formula is C31H39N3O5. The van der Waals surface area contributed by atoms with Gasteiger partial charge in [0.05, 0.1) is 26.2 Å². The lowest BCUT2D eigenvalue weighted by Crippen LogP contribution is -2.40. The van der Waals surface area contributed by atoms with Crippen LogP contribution in [0.15, 0.2) is 53.6 Å². The van der Waals surface area contributed by atoms with E-state index in [4.69, 9.17) is 9.47 Å². The number of nitrogens with one attached hydrogen (secondary N) is 1. The first kappa shape index (κ1) is 29.6. The maximum Gasteiger partial charge on any atom is 0.308 e. The van der Waals surface area contributed by atoms with Crippen molar-refractivity contribution in [2.45, 2.75) is 66.5 Å². The van der Waals surface area contributed by atoms with Gasteiger partial charge in [0.2, 0.25) is 11.8 Å². The van der Waals surface area contributed by atoms with Crippen molar-refractivity contribution in [2.75, 3.05) is 13.7 Å². The van der Waals surface area contributed by atoms with Gasteiger partial charge in [-0.2, -0.15) is 0 Å². The minimum atomic E-state index is -0.743. The van der Waals surface area contributed by atoms with E-state index >= 15 is 0 Å². The van der Waals surface area contributed by atoms with E-state index in [2.05, 4.69) is 10.3 Å². The zero-order valence-corrected chi connectivity index (χ0v) is 23.9. The molecule has 0 saturated carbocycles. The summed E-state index contributed by atoms with van der Waals surface area (Å²) in [5.41, 5.74) is 5.05. The second-order valence-corrected chi connectivity index (χ2v) is 10.3. The molecule has 0 saturated heterocycles. The van der Waals surface area contributed by atoms with Gasteiger partial charge in [-0.1, -0.05) is 32.0 Å². The van der Waals surface area contributed by atoms with Crippen molar-refractivity contribution in [3.05, 3.63) is 81.4 Å². The fourth-order valence-corrected chi connectivity index (χ4v) is 4.79. The summed E-state index contributed by atoms with van der Waals surface area (Å²) in [4.78, 5) is 43.7. The zero-order valence-electron chi connectivity index (χ0n) is 23.9. The molecule has 0 fully saturated rings. The van der Waals surface area contributed by atoms with Gasteiger partial charge in [-0.25, -0.2) is 4.98 Å². The van der Waals surface area contributed by atoms with Crippen molar-refractivity contribution in [3.8, 4) is 17.0 Å². The van der Waals surface area contributed by atoms with E-state index in [9.17, 15) is 14.4 Å². The number of nitrogens with zero attached hydrogens (tertiary/aromatic N) is 2. The fourth-order valence-electron chi connectivity index (χ4n) is 4.79. The number of aryl methyl sites for hydroxylation is 3. The SMILES string of the molecule is CCOC(=O)CC(NC(=O)[C@@H](CC(C)C)n1ccc(C)cc1=O)c1cnc(OC)c(-c2c(C)cccc2C)c1. The number of methoxy groups -OCH3 is 1. The predicted molar refractivity (Wildman–Crippen MR) is 152 cm³/mol. The van der Waals surface area contributed by atoms with Crippen LogP contribution in [0.5, 0.6) is 5.88 Å². The summed E-state index contributed by atoms with van der Waals surface area (Å²) in [7, 11) is 1.56. The number of esters is 1. The number of carbonyl (C=O) groups is 2. The molecule has 39 heavy (non-hydrogen) atoms. The Bertz CT molecular complexity index is 1360. The Morgan fingerprint density at radius 1 is 1.08 bits per heavy atom. The molecule has 2 aromatic heterocycles. The van der Waals surface area contributed by atoms with Gasteiger partial charge in [0, 0.05) is 24.0 Å². The van der Waals surface area contributed by atoms with Crippen LogP contribution in [0.4, 0.5) is 0 Å². The number of carbonyl (C=O) groups excluding carboxylic acids is 2. The summed E-state index contributed by atoms with van der Waals surface area (Å²) in [6.45, 7) is 11.8. The van der Waals surface area contributed by atoms with Gasteiger partial charge in [-0.15, -0.1) is 0 Å². The van der Waals surface area contributed by atoms with E-state index in [1.54, 1.807) is 26.4 Å². The molecule has 0 aliphatic heterocycles. The van der Waals surface area contributed by atoms with Crippen LogP contribution in [0, 0.1) is 26.7 Å². The molecule has 1 amide bonds. The molecule has 0 bridgehead atoms. The first-order chi connectivity index (χ1) is 18.5. The molecule has 2 atom stereocenters. The maximum absolute atomic E-state index is 13.8. The first-order valence-corrected chi connectivity index (χ1v) is 13.3. The standard InChI is InChI=1S/C31H39N3O5/c1-8-39-28(36)17-25(33-30(37)26(14-19(2)3)34-13-12-20(4)15-27(34)35)23-16-24(31(38-7)32-18-23)29-21(5)10-9-11-22(29)6/h9-13,15-16,18-19,25-26H,8,14,17H2,1-7H3,(H,33,37)/t25?,26-/m1/s1. The third-order valence-electron chi connectivity index (χ3n) is 6.65. The number of pyridine rings is 2. The summed E-state index contributed by atoms with van der Waals surface area (Å²) in [6, 6.07) is 9.78. The zero-order chi connectivity index (χ0) is 28.7. The summed E-state index contributed by atoms with van der Waals surface area (Å²) < 4.78 is 12.3. The summed E-state index contributed by atoms with van der Waals surface area (Å²) in [5, 5.41) is 3.03. The molecule has 208 valence electrons. The van der Waals surface area contributed by atoms with E-state index in [0.29, 0.717) is 17.9 Å². The molecule has 1 N–H and O–H groups in total. The highest BCUT2D eigenvalue weighted by Crippen LogP contribution is 2.35. The van der Waals surface area contributed by atoms with Crippen molar-refractivity contribution in [1.29, 1.82) is 0 Å². The Morgan fingerprint density at radius 2 is 1.77 bits per heavy atom. The molecule has 2 heterocycles. The summed E-state index contributed by atoms with van der Waals surface area (Å²) in [5.74, 6) is -0.203. The minimum Gasteiger partial charge on any atom is -0.481 e. The number of rotatable bonds is 11. The van der Waals surface area contributed by atoms with Crippen LogP contribution in [0.3, 0.4) is 0 Å². The van der Waals surface area contributed by atoms with E-state index in [-0.39, 0.29) is 30.4 Å². The number of ether oxygens (including phenoxy) is 2. The quantitative estimate of drug-likeness (QED) is 0.338. The van der Waals surface area contributed by atoms with Crippen LogP contribution >= 0.6 is 0 Å². The number of amides is 1. The van der Waals surface area contributed by atoms with Crippen molar-refractivity contribution >= 4 is 11.9 Å². The van der Waals surface area contributed by atoms with Crippen molar-refractivity contribution in [2.24, 2.45) is 5.92 Å². The Labute approximate surface area is 230 Å². The Hall–Kier alpha value is -3.94. The van der Waals surface area contributed by atoms with E-state index < -0.39 is 18.1 Å². The smallest absolute Gasteiger partial charge is 0.308 e. The van der Waals surface area contributed by atoms with Gasteiger partial charge in [0.15, 0.2) is 0 Å². The van der Waals surface area contributed by atoms with Crippen LogP contribution in [0.25, 0.3) is 11.1 Å². The molecule has 0 radical (unpaired) electrons. The average molecular weight is 534 g/mol. The van der Waals surface area contributed by atoms with Crippen molar-refractivity contribution in [3.63, 3.8) is 0 Å².